The van der Waals surface area contributed by atoms with E-state index in [1.807, 2.05) is 18.2 Å². The maximum absolute atomic E-state index is 12.0. The molecule has 1 saturated carbocycles. The van der Waals surface area contributed by atoms with Gasteiger partial charge in [0.05, 0.1) is 5.54 Å². The highest BCUT2D eigenvalue weighted by Crippen LogP contribution is 2.33. The molecule has 0 aromatic heterocycles. The van der Waals surface area contributed by atoms with Crippen LogP contribution in [0.1, 0.15) is 39.0 Å². The van der Waals surface area contributed by atoms with Gasteiger partial charge in [0, 0.05) is 6.54 Å². The summed E-state index contributed by atoms with van der Waals surface area (Å²) >= 11 is 0. The minimum Gasteiger partial charge on any atom is -0.410 e. The maximum atomic E-state index is 12.0. The van der Waals surface area contributed by atoms with E-state index in [2.05, 4.69) is 12.2 Å². The van der Waals surface area contributed by atoms with Crippen molar-refractivity contribution >= 4 is 6.09 Å². The van der Waals surface area contributed by atoms with Crippen molar-refractivity contribution < 1.29 is 9.53 Å². The fourth-order valence-corrected chi connectivity index (χ4v) is 2.86. The van der Waals surface area contributed by atoms with Crippen LogP contribution in [0.4, 0.5) is 4.79 Å². The second kappa shape index (κ2) is 6.75. The van der Waals surface area contributed by atoms with Gasteiger partial charge in [-0.1, -0.05) is 31.5 Å². The first-order valence-electron chi connectivity index (χ1n) is 7.42. The highest BCUT2D eigenvalue weighted by molar-refractivity contribution is 5.71. The zero-order chi connectivity index (χ0) is 14.4. The SMILES string of the molecule is CCC1CCC(CN)(NC(=O)Oc2ccccc2)CC1. The van der Waals surface area contributed by atoms with Crippen LogP contribution in [-0.4, -0.2) is 18.2 Å². The van der Waals surface area contributed by atoms with Crippen LogP contribution in [0.2, 0.25) is 0 Å². The quantitative estimate of drug-likeness (QED) is 0.888. The van der Waals surface area contributed by atoms with Gasteiger partial charge in [-0.25, -0.2) is 4.79 Å². The van der Waals surface area contributed by atoms with E-state index in [1.54, 1.807) is 12.1 Å². The molecule has 0 heterocycles. The first-order chi connectivity index (χ1) is 9.67. The Morgan fingerprint density at radius 1 is 1.35 bits per heavy atom. The number of para-hydroxylation sites is 1. The van der Waals surface area contributed by atoms with Gasteiger partial charge in [-0.05, 0) is 43.7 Å². The Kier molecular flexibility index (Phi) is 5.01. The summed E-state index contributed by atoms with van der Waals surface area (Å²) in [7, 11) is 0. The van der Waals surface area contributed by atoms with E-state index in [0.29, 0.717) is 12.3 Å². The molecule has 0 bridgehead atoms. The lowest BCUT2D eigenvalue weighted by molar-refractivity contribution is 0.156. The van der Waals surface area contributed by atoms with Crippen LogP contribution in [0.15, 0.2) is 30.3 Å². The summed E-state index contributed by atoms with van der Waals surface area (Å²) in [6, 6.07) is 9.10. The minimum atomic E-state index is -0.406. The summed E-state index contributed by atoms with van der Waals surface area (Å²) in [5.74, 6) is 1.32. The van der Waals surface area contributed by atoms with Crippen molar-refractivity contribution in [1.82, 2.24) is 5.32 Å². The van der Waals surface area contributed by atoms with Gasteiger partial charge in [0.2, 0.25) is 0 Å². The van der Waals surface area contributed by atoms with Gasteiger partial charge in [0.15, 0.2) is 0 Å². The number of carbonyl (C=O) groups excluding carboxylic acids is 1. The molecule has 0 unspecified atom stereocenters. The average molecular weight is 276 g/mol. The molecule has 0 aliphatic heterocycles. The van der Waals surface area contributed by atoms with E-state index >= 15 is 0 Å². The van der Waals surface area contributed by atoms with Crippen molar-refractivity contribution in [3.8, 4) is 5.75 Å². The Bertz CT molecular complexity index is 425. The third kappa shape index (κ3) is 3.73. The van der Waals surface area contributed by atoms with Crippen LogP contribution in [0.3, 0.4) is 0 Å². The lowest BCUT2D eigenvalue weighted by atomic mass is 9.75. The zero-order valence-corrected chi connectivity index (χ0v) is 12.1. The van der Waals surface area contributed by atoms with Crippen LogP contribution >= 0.6 is 0 Å². The minimum absolute atomic E-state index is 0.294. The van der Waals surface area contributed by atoms with Crippen LogP contribution in [-0.2, 0) is 0 Å². The van der Waals surface area contributed by atoms with Gasteiger partial charge < -0.3 is 15.8 Å². The number of rotatable bonds is 4. The Labute approximate surface area is 120 Å². The topological polar surface area (TPSA) is 64.3 Å². The molecule has 0 saturated heterocycles. The highest BCUT2D eigenvalue weighted by Gasteiger charge is 2.35. The standard InChI is InChI=1S/C16H24N2O2/c1-2-13-8-10-16(12-17,11-9-13)18-15(19)20-14-6-4-3-5-7-14/h3-7,13H,2,8-12,17H2,1H3,(H,18,19). The normalized spacial score (nSPS) is 26.0. The van der Waals surface area contributed by atoms with Crippen molar-refractivity contribution in [2.45, 2.75) is 44.6 Å². The molecule has 1 aliphatic rings. The number of nitrogens with one attached hydrogen (secondary N) is 1. The van der Waals surface area contributed by atoms with Gasteiger partial charge in [-0.3, -0.25) is 0 Å². The molecule has 0 spiro atoms. The Hall–Kier alpha value is -1.55. The molecule has 1 fully saturated rings. The van der Waals surface area contributed by atoms with Gasteiger partial charge in [0.1, 0.15) is 5.75 Å². The number of hydrogen-bond acceptors (Lipinski definition) is 3. The van der Waals surface area contributed by atoms with Crippen LogP contribution in [0.5, 0.6) is 5.75 Å². The molecule has 1 aromatic carbocycles. The summed E-state index contributed by atoms with van der Waals surface area (Å²) in [5, 5.41) is 2.99. The fraction of sp³-hybridized carbons (Fsp3) is 0.562. The largest absolute Gasteiger partial charge is 0.413 e. The Morgan fingerprint density at radius 2 is 2.00 bits per heavy atom. The number of amides is 1. The average Bonchev–Trinajstić information content (AvgIpc) is 2.49. The predicted molar refractivity (Wildman–Crippen MR) is 79.6 cm³/mol. The fourth-order valence-electron chi connectivity index (χ4n) is 2.86. The van der Waals surface area contributed by atoms with Gasteiger partial charge >= 0.3 is 6.09 Å². The molecule has 4 heteroatoms. The lowest BCUT2D eigenvalue weighted by Crippen LogP contribution is -2.56. The number of carbonyl (C=O) groups is 1. The monoisotopic (exact) mass is 276 g/mol. The smallest absolute Gasteiger partial charge is 0.410 e. The molecule has 0 atom stereocenters. The molecular formula is C16H24N2O2. The Balaban J connectivity index is 1.91. The van der Waals surface area contributed by atoms with Crippen molar-refractivity contribution in [3.63, 3.8) is 0 Å². The van der Waals surface area contributed by atoms with E-state index in [1.165, 1.54) is 6.42 Å². The van der Waals surface area contributed by atoms with E-state index in [9.17, 15) is 4.79 Å². The van der Waals surface area contributed by atoms with Crippen molar-refractivity contribution in [2.24, 2.45) is 11.7 Å². The summed E-state index contributed by atoms with van der Waals surface area (Å²) in [6.07, 6.45) is 4.92. The highest BCUT2D eigenvalue weighted by atomic mass is 16.6. The summed E-state index contributed by atoms with van der Waals surface area (Å²) in [4.78, 5) is 12.0. The molecule has 20 heavy (non-hydrogen) atoms. The zero-order valence-electron chi connectivity index (χ0n) is 12.1. The third-order valence-corrected chi connectivity index (χ3v) is 4.35. The summed E-state index contributed by atoms with van der Waals surface area (Å²) < 4.78 is 5.29. The van der Waals surface area contributed by atoms with E-state index in [0.717, 1.165) is 31.6 Å². The van der Waals surface area contributed by atoms with Crippen LogP contribution < -0.4 is 15.8 Å². The van der Waals surface area contributed by atoms with E-state index in [4.69, 9.17) is 10.5 Å². The second-order valence-corrected chi connectivity index (χ2v) is 5.66. The molecule has 2 rings (SSSR count). The molecule has 4 nitrogen and oxygen atoms in total. The molecular weight excluding hydrogens is 252 g/mol. The molecule has 1 aliphatic carbocycles. The maximum Gasteiger partial charge on any atom is 0.413 e. The van der Waals surface area contributed by atoms with Crippen molar-refractivity contribution in [1.29, 1.82) is 0 Å². The molecule has 1 amide bonds. The first kappa shape index (κ1) is 14.9. The first-order valence-corrected chi connectivity index (χ1v) is 7.42. The molecule has 1 aromatic rings. The summed E-state index contributed by atoms with van der Waals surface area (Å²) in [5.41, 5.74) is 5.60. The number of hydrogen-bond donors (Lipinski definition) is 2. The summed E-state index contributed by atoms with van der Waals surface area (Å²) in [6.45, 7) is 2.69. The van der Waals surface area contributed by atoms with Crippen LogP contribution in [0, 0.1) is 5.92 Å². The van der Waals surface area contributed by atoms with Gasteiger partial charge in [-0.2, -0.15) is 0 Å². The van der Waals surface area contributed by atoms with Gasteiger partial charge in [-0.15, -0.1) is 0 Å². The van der Waals surface area contributed by atoms with E-state index in [-0.39, 0.29) is 5.54 Å². The third-order valence-electron chi connectivity index (χ3n) is 4.35. The van der Waals surface area contributed by atoms with Crippen molar-refractivity contribution in [3.05, 3.63) is 30.3 Å². The van der Waals surface area contributed by atoms with E-state index < -0.39 is 6.09 Å². The Morgan fingerprint density at radius 3 is 2.55 bits per heavy atom. The van der Waals surface area contributed by atoms with Gasteiger partial charge in [0.25, 0.3) is 0 Å². The molecule has 3 N–H and O–H groups in total. The molecule has 0 radical (unpaired) electrons. The second-order valence-electron chi connectivity index (χ2n) is 5.66. The van der Waals surface area contributed by atoms with Crippen molar-refractivity contribution in [2.75, 3.05) is 6.54 Å². The number of benzene rings is 1. The predicted octanol–water partition coefficient (Wildman–Crippen LogP) is 3.07. The van der Waals surface area contributed by atoms with Crippen LogP contribution in [0.25, 0.3) is 0 Å². The number of ether oxygens (including phenoxy) is 1. The lowest BCUT2D eigenvalue weighted by Gasteiger charge is -2.39. The molecule has 110 valence electrons. The number of nitrogens with two attached hydrogens (primary N) is 1.